The van der Waals surface area contributed by atoms with Crippen molar-refractivity contribution >= 4 is 22.8 Å². The van der Waals surface area contributed by atoms with Gasteiger partial charge in [-0.1, -0.05) is 42.1 Å². The minimum absolute atomic E-state index is 0.186. The maximum Gasteiger partial charge on any atom is 0.262 e. The van der Waals surface area contributed by atoms with Crippen LogP contribution < -0.4 is 5.56 Å². The van der Waals surface area contributed by atoms with Gasteiger partial charge in [-0.25, -0.2) is 14.3 Å². The van der Waals surface area contributed by atoms with Crippen molar-refractivity contribution in [2.24, 2.45) is 0 Å². The number of aryl methyl sites for hydroxylation is 2. The van der Waals surface area contributed by atoms with Crippen LogP contribution in [0.5, 0.6) is 0 Å². The number of hydrogen-bond donors (Lipinski definition) is 1. The molecule has 0 aliphatic carbocycles. The van der Waals surface area contributed by atoms with Crippen molar-refractivity contribution < 1.29 is 0 Å². The molecule has 0 bridgehead atoms. The Balaban J connectivity index is 1.38. The van der Waals surface area contributed by atoms with Crippen LogP contribution in [0.1, 0.15) is 17.0 Å². The predicted octanol–water partition coefficient (Wildman–Crippen LogP) is 4.20. The lowest BCUT2D eigenvalue weighted by atomic mass is 10.2. The molecule has 8 heteroatoms. The molecule has 0 saturated carbocycles. The van der Waals surface area contributed by atoms with E-state index in [2.05, 4.69) is 50.5 Å². The van der Waals surface area contributed by atoms with Gasteiger partial charge in [-0.2, -0.15) is 10.2 Å². The van der Waals surface area contributed by atoms with E-state index >= 15 is 0 Å². The van der Waals surface area contributed by atoms with E-state index in [-0.39, 0.29) is 5.56 Å². The standard InChI is InChI=1S/C23H20N6OS/c1-15-12-16(2)28(27-15)19-10-8-17(9-11-19)14-31-23-25-21-20(22(30)26-23)13-24-29(21)18-6-4-3-5-7-18/h3-13H,14H2,1-2H3,(H,25,26,30). The van der Waals surface area contributed by atoms with Crippen molar-refractivity contribution in [3.63, 3.8) is 0 Å². The van der Waals surface area contributed by atoms with Crippen LogP contribution in [0, 0.1) is 13.8 Å². The average molecular weight is 429 g/mol. The van der Waals surface area contributed by atoms with Crippen molar-refractivity contribution in [2.45, 2.75) is 24.8 Å². The van der Waals surface area contributed by atoms with Gasteiger partial charge >= 0.3 is 0 Å². The van der Waals surface area contributed by atoms with Crippen LogP contribution in [0.4, 0.5) is 0 Å². The highest BCUT2D eigenvalue weighted by Crippen LogP contribution is 2.22. The summed E-state index contributed by atoms with van der Waals surface area (Å²) in [6.45, 7) is 4.03. The Morgan fingerprint density at radius 3 is 2.42 bits per heavy atom. The topological polar surface area (TPSA) is 81.4 Å². The third kappa shape index (κ3) is 3.77. The van der Waals surface area contributed by atoms with Gasteiger partial charge in [-0.05, 0) is 49.7 Å². The normalized spacial score (nSPS) is 11.3. The lowest BCUT2D eigenvalue weighted by molar-refractivity contribution is 0.833. The van der Waals surface area contributed by atoms with Crippen LogP contribution in [0.25, 0.3) is 22.4 Å². The third-order valence-electron chi connectivity index (χ3n) is 4.98. The molecule has 31 heavy (non-hydrogen) atoms. The van der Waals surface area contributed by atoms with E-state index in [0.29, 0.717) is 21.9 Å². The van der Waals surface area contributed by atoms with Gasteiger partial charge in [-0.15, -0.1) is 0 Å². The molecule has 0 aliphatic rings. The fourth-order valence-corrected chi connectivity index (χ4v) is 4.31. The highest BCUT2D eigenvalue weighted by Gasteiger charge is 2.12. The summed E-state index contributed by atoms with van der Waals surface area (Å²) in [7, 11) is 0. The fraction of sp³-hybridized carbons (Fsp3) is 0.130. The lowest BCUT2D eigenvalue weighted by Gasteiger charge is -2.07. The van der Waals surface area contributed by atoms with Crippen molar-refractivity contribution in [3.05, 3.63) is 94.2 Å². The molecule has 3 heterocycles. The maximum atomic E-state index is 12.5. The summed E-state index contributed by atoms with van der Waals surface area (Å²) in [5.41, 5.74) is 5.49. The molecule has 154 valence electrons. The Kier molecular flexibility index (Phi) is 4.91. The molecule has 0 radical (unpaired) electrons. The smallest absolute Gasteiger partial charge is 0.262 e. The Hall–Kier alpha value is -3.65. The van der Waals surface area contributed by atoms with Crippen LogP contribution in [-0.4, -0.2) is 29.5 Å². The maximum absolute atomic E-state index is 12.5. The van der Waals surface area contributed by atoms with Crippen LogP contribution in [0.3, 0.4) is 0 Å². The zero-order chi connectivity index (χ0) is 21.4. The Morgan fingerprint density at radius 2 is 1.71 bits per heavy atom. The van der Waals surface area contributed by atoms with E-state index in [1.807, 2.05) is 48.9 Å². The van der Waals surface area contributed by atoms with Gasteiger partial charge in [0.2, 0.25) is 0 Å². The van der Waals surface area contributed by atoms with E-state index in [0.717, 1.165) is 28.3 Å². The largest absolute Gasteiger partial charge is 0.301 e. The summed E-state index contributed by atoms with van der Waals surface area (Å²) in [4.78, 5) is 20.0. The molecule has 0 aliphatic heterocycles. The third-order valence-corrected chi connectivity index (χ3v) is 5.93. The molecule has 0 spiro atoms. The van der Waals surface area contributed by atoms with Gasteiger partial charge in [0.15, 0.2) is 10.8 Å². The molecule has 0 amide bonds. The molecule has 0 unspecified atom stereocenters. The van der Waals surface area contributed by atoms with Crippen molar-refractivity contribution in [3.8, 4) is 11.4 Å². The van der Waals surface area contributed by atoms with E-state index in [9.17, 15) is 4.79 Å². The minimum Gasteiger partial charge on any atom is -0.301 e. The van der Waals surface area contributed by atoms with Crippen LogP contribution in [-0.2, 0) is 5.75 Å². The molecular weight excluding hydrogens is 408 g/mol. The van der Waals surface area contributed by atoms with Crippen molar-refractivity contribution in [2.75, 3.05) is 0 Å². The number of aromatic amines is 1. The van der Waals surface area contributed by atoms with Crippen LogP contribution in [0.15, 0.2) is 76.8 Å². The molecular formula is C23H20N6OS. The molecule has 7 nitrogen and oxygen atoms in total. The number of para-hydroxylation sites is 1. The number of hydrogen-bond acceptors (Lipinski definition) is 5. The van der Waals surface area contributed by atoms with E-state index < -0.39 is 0 Å². The van der Waals surface area contributed by atoms with Crippen molar-refractivity contribution in [1.29, 1.82) is 0 Å². The fourth-order valence-electron chi connectivity index (χ4n) is 3.50. The first-order chi connectivity index (χ1) is 15.1. The Morgan fingerprint density at radius 1 is 0.968 bits per heavy atom. The lowest BCUT2D eigenvalue weighted by Crippen LogP contribution is -2.09. The second kappa shape index (κ2) is 7.88. The number of rotatable bonds is 5. The summed E-state index contributed by atoms with van der Waals surface area (Å²) in [6, 6.07) is 20.0. The highest BCUT2D eigenvalue weighted by molar-refractivity contribution is 7.98. The van der Waals surface area contributed by atoms with E-state index in [4.69, 9.17) is 0 Å². The number of thioether (sulfide) groups is 1. The van der Waals surface area contributed by atoms with Gasteiger partial charge in [0, 0.05) is 11.4 Å². The zero-order valence-corrected chi connectivity index (χ0v) is 17.9. The molecule has 1 N–H and O–H groups in total. The predicted molar refractivity (Wildman–Crippen MR) is 122 cm³/mol. The molecule has 2 aromatic carbocycles. The molecule has 5 rings (SSSR count). The first-order valence-electron chi connectivity index (χ1n) is 9.87. The summed E-state index contributed by atoms with van der Waals surface area (Å²) in [5.74, 6) is 0.686. The molecule has 5 aromatic rings. The van der Waals surface area contributed by atoms with Gasteiger partial charge in [0.25, 0.3) is 5.56 Å². The average Bonchev–Trinajstić information content (AvgIpc) is 3.36. The van der Waals surface area contributed by atoms with E-state index in [1.165, 1.54) is 11.8 Å². The van der Waals surface area contributed by atoms with Crippen molar-refractivity contribution in [1.82, 2.24) is 29.5 Å². The van der Waals surface area contributed by atoms with Gasteiger partial charge in [0.1, 0.15) is 5.39 Å². The molecule has 0 saturated heterocycles. The number of benzene rings is 2. The monoisotopic (exact) mass is 428 g/mol. The number of aromatic nitrogens is 6. The van der Waals surface area contributed by atoms with E-state index in [1.54, 1.807) is 10.9 Å². The summed E-state index contributed by atoms with van der Waals surface area (Å²) >= 11 is 1.49. The first kappa shape index (κ1) is 19.3. The first-order valence-corrected chi connectivity index (χ1v) is 10.9. The number of H-pyrrole nitrogens is 1. The summed E-state index contributed by atoms with van der Waals surface area (Å²) in [5, 5.41) is 9.92. The van der Waals surface area contributed by atoms with Gasteiger partial charge in [-0.3, -0.25) is 4.79 Å². The van der Waals surface area contributed by atoms with Crippen LogP contribution >= 0.6 is 11.8 Å². The number of nitrogens with one attached hydrogen (secondary N) is 1. The quantitative estimate of drug-likeness (QED) is 0.335. The van der Waals surface area contributed by atoms with Gasteiger partial charge < -0.3 is 4.98 Å². The summed E-state index contributed by atoms with van der Waals surface area (Å²) < 4.78 is 3.63. The number of fused-ring (bicyclic) bond motifs is 1. The SMILES string of the molecule is Cc1cc(C)n(-c2ccc(CSc3nc4c(cnn4-c4ccccc4)c(=O)[nH]3)cc2)n1. The summed E-state index contributed by atoms with van der Waals surface area (Å²) in [6.07, 6.45) is 1.56. The highest BCUT2D eigenvalue weighted by atomic mass is 32.2. The molecule has 3 aromatic heterocycles. The van der Waals surface area contributed by atoms with Crippen LogP contribution in [0.2, 0.25) is 0 Å². The molecule has 0 atom stereocenters. The zero-order valence-electron chi connectivity index (χ0n) is 17.1. The second-order valence-electron chi connectivity index (χ2n) is 7.29. The second-order valence-corrected chi connectivity index (χ2v) is 8.26. The molecule has 0 fully saturated rings. The Labute approximate surface area is 182 Å². The number of nitrogens with zero attached hydrogens (tertiary/aromatic N) is 5. The van der Waals surface area contributed by atoms with Gasteiger partial charge in [0.05, 0.1) is 23.3 Å². The Bertz CT molecular complexity index is 1420. The minimum atomic E-state index is -0.186.